The third kappa shape index (κ3) is 11.0. The van der Waals surface area contributed by atoms with Crippen LogP contribution in [0.5, 0.6) is 17.2 Å². The Bertz CT molecular complexity index is 2860. The number of rotatable bonds is 7. The van der Waals surface area contributed by atoms with Crippen molar-refractivity contribution in [2.75, 3.05) is 38.0 Å². The number of fused-ring (bicyclic) bond motifs is 13. The van der Waals surface area contributed by atoms with Gasteiger partial charge in [0.2, 0.25) is 5.91 Å². The molecule has 6 aliphatic heterocycles. The Kier molecular flexibility index (Phi) is 16.1. The first kappa shape index (κ1) is 54.2. The number of amides is 2. The van der Waals surface area contributed by atoms with Crippen molar-refractivity contribution in [2.45, 2.75) is 137 Å². The molecule has 2 amide bonds. The average molecular weight is 1020 g/mol. The summed E-state index contributed by atoms with van der Waals surface area (Å²) in [6.45, 7) is 19.4. The molecule has 3 aromatic carbocycles. The molecule has 5 bridgehead atoms. The fraction of sp³-hybridized carbons (Fsp3) is 0.552. The minimum atomic E-state index is -1.94. The Balaban J connectivity index is 1.11. The van der Waals surface area contributed by atoms with Crippen molar-refractivity contribution in [2.24, 2.45) is 45.5 Å². The summed E-state index contributed by atoms with van der Waals surface area (Å²) in [6, 6.07) is 10.3. The number of esters is 1. The summed E-state index contributed by atoms with van der Waals surface area (Å²) < 4.78 is 18.7. The number of hydrogen-bond donors (Lipinski definition) is 5. The van der Waals surface area contributed by atoms with Crippen molar-refractivity contribution in [3.8, 4) is 17.2 Å². The summed E-state index contributed by atoms with van der Waals surface area (Å²) in [6.07, 6.45) is 8.18. The summed E-state index contributed by atoms with van der Waals surface area (Å²) in [5.41, 5.74) is 1.13. The zero-order chi connectivity index (χ0) is 53.4. The molecule has 0 aliphatic carbocycles. The van der Waals surface area contributed by atoms with E-state index >= 15 is 0 Å². The van der Waals surface area contributed by atoms with Crippen molar-refractivity contribution < 1.29 is 53.8 Å². The number of aromatic hydroxyl groups is 2. The smallest absolute Gasteiger partial charge is 0.315 e. The maximum absolute atomic E-state index is 14.9. The fourth-order valence-electron chi connectivity index (χ4n) is 11.5. The molecule has 5 N–H and O–H groups in total. The molecule has 0 aromatic heterocycles. The van der Waals surface area contributed by atoms with Crippen LogP contribution in [0.1, 0.15) is 115 Å². The van der Waals surface area contributed by atoms with E-state index in [4.69, 9.17) is 19.2 Å². The number of likely N-dealkylation sites (tertiary alicyclic amines) is 2. The number of hydrogen-bond acceptors (Lipinski definition) is 14. The largest absolute Gasteiger partial charge is 0.507 e. The molecule has 3 unspecified atom stereocenters. The van der Waals surface area contributed by atoms with E-state index in [2.05, 4.69) is 41.2 Å². The Morgan fingerprint density at radius 2 is 1.61 bits per heavy atom. The zero-order valence-corrected chi connectivity index (χ0v) is 44.4. The number of phenols is 2. The van der Waals surface area contributed by atoms with E-state index in [9.17, 15) is 39.6 Å². The van der Waals surface area contributed by atoms with Crippen molar-refractivity contribution in [3.05, 3.63) is 93.9 Å². The molecule has 8 atom stereocenters. The number of Topliss-reactive ketones (excluding diaryl/α,β-unsaturated/α-hetero) is 1. The van der Waals surface area contributed by atoms with Crippen molar-refractivity contribution in [1.29, 1.82) is 0 Å². The molecular formula is C58H75N5O11. The van der Waals surface area contributed by atoms with Gasteiger partial charge in [0.25, 0.3) is 11.7 Å². The summed E-state index contributed by atoms with van der Waals surface area (Å²) in [7, 11) is 0. The molecule has 3 aromatic rings. The minimum absolute atomic E-state index is 0.0583. The van der Waals surface area contributed by atoms with Crippen LogP contribution < -0.4 is 20.8 Å². The highest BCUT2D eigenvalue weighted by atomic mass is 16.7. The first-order chi connectivity index (χ1) is 35.1. The summed E-state index contributed by atoms with van der Waals surface area (Å²) in [5.74, 6) is -6.66. The van der Waals surface area contributed by atoms with Gasteiger partial charge in [0.1, 0.15) is 40.4 Å². The highest BCUT2D eigenvalue weighted by Crippen LogP contribution is 2.51. The van der Waals surface area contributed by atoms with Gasteiger partial charge < -0.3 is 49.8 Å². The van der Waals surface area contributed by atoms with Gasteiger partial charge in [-0.15, -0.1) is 0 Å². The number of piperidine rings is 2. The van der Waals surface area contributed by atoms with E-state index in [0.29, 0.717) is 43.5 Å². The predicted molar refractivity (Wildman–Crippen MR) is 280 cm³/mol. The average Bonchev–Trinajstić information content (AvgIpc) is 3.87. The van der Waals surface area contributed by atoms with Crippen molar-refractivity contribution >= 4 is 40.0 Å². The van der Waals surface area contributed by atoms with Crippen LogP contribution in [0.25, 0.3) is 10.8 Å². The Morgan fingerprint density at radius 1 is 0.919 bits per heavy atom. The predicted octanol–water partition coefficient (Wildman–Crippen LogP) is 6.98. The molecule has 2 saturated heterocycles. The van der Waals surface area contributed by atoms with Gasteiger partial charge in [-0.2, -0.15) is 0 Å². The summed E-state index contributed by atoms with van der Waals surface area (Å²) in [4.78, 5) is 69.9. The van der Waals surface area contributed by atoms with Gasteiger partial charge in [-0.3, -0.25) is 24.2 Å². The van der Waals surface area contributed by atoms with E-state index in [1.165, 1.54) is 18.7 Å². The molecule has 74 heavy (non-hydrogen) atoms. The molecule has 398 valence electrons. The number of allylic oxidation sites excluding steroid dienone is 3. The number of nitrogens with zero attached hydrogens (tertiary/aromatic N) is 4. The van der Waals surface area contributed by atoms with Gasteiger partial charge in [-0.25, -0.2) is 4.99 Å². The van der Waals surface area contributed by atoms with Crippen LogP contribution >= 0.6 is 0 Å². The number of aliphatic hydroxyl groups is 2. The van der Waals surface area contributed by atoms with E-state index in [0.717, 1.165) is 38.9 Å². The number of aliphatic hydroxyl groups excluding tert-OH is 2. The maximum Gasteiger partial charge on any atom is 0.315 e. The van der Waals surface area contributed by atoms with Crippen LogP contribution in [-0.4, -0.2) is 116 Å². The number of carbonyl (C=O) groups is 4. The highest BCUT2D eigenvalue weighted by molar-refractivity contribution is 6.21. The van der Waals surface area contributed by atoms with E-state index in [1.54, 1.807) is 63.8 Å². The number of benzene rings is 3. The van der Waals surface area contributed by atoms with Crippen LogP contribution in [0.2, 0.25) is 0 Å². The summed E-state index contributed by atoms with van der Waals surface area (Å²) >= 11 is 0. The van der Waals surface area contributed by atoms with Gasteiger partial charge in [0.15, 0.2) is 5.75 Å². The Hall–Kier alpha value is -6.10. The minimum Gasteiger partial charge on any atom is -0.507 e. The third-order valence-electron chi connectivity index (χ3n) is 16.1. The molecule has 0 saturated carbocycles. The Morgan fingerprint density at radius 3 is 2.28 bits per heavy atom. The number of carbonyl (C=O) groups excluding carboxylic acids is 4. The van der Waals surface area contributed by atoms with E-state index in [1.807, 2.05) is 25.1 Å². The Labute approximate surface area is 433 Å². The maximum atomic E-state index is 14.9. The lowest BCUT2D eigenvalue weighted by Gasteiger charge is -2.38. The fourth-order valence-corrected chi connectivity index (χ4v) is 11.5. The lowest BCUT2D eigenvalue weighted by Crippen LogP contribution is -2.47. The van der Waals surface area contributed by atoms with Gasteiger partial charge in [-0.05, 0) is 68.9 Å². The van der Waals surface area contributed by atoms with E-state index in [-0.39, 0.29) is 62.0 Å². The third-order valence-corrected chi connectivity index (χ3v) is 16.1. The zero-order valence-electron chi connectivity index (χ0n) is 44.4. The normalized spacial score (nSPS) is 29.4. The quantitative estimate of drug-likeness (QED) is 0.0918. The number of anilines is 1. The number of phenolic OH excluding ortho intramolecular Hbond substituents is 2. The van der Waals surface area contributed by atoms with Gasteiger partial charge in [0, 0.05) is 86.8 Å². The second-order valence-electron chi connectivity index (χ2n) is 22.2. The second-order valence-corrected chi connectivity index (χ2v) is 22.2. The first-order valence-electron chi connectivity index (χ1n) is 26.5. The first-order valence-corrected chi connectivity index (χ1v) is 26.5. The van der Waals surface area contributed by atoms with Crippen molar-refractivity contribution in [1.82, 2.24) is 9.80 Å². The molecule has 1 spiro atoms. The molecule has 9 rings (SSSR count). The standard InChI is InChI=1S/C58H75N5O11/c1-32(2)31-62-26-22-58(23-27-62)60-46-43-44-51(68)38(8)54-45(43)55(70)57(9,74-54)72-28-14-17-34(4)53(73-42(65)30-41(64)63-24-20-40(21-25-63)29-39-18-11-10-12-19-39)37(7)50(67)36(6)49(66)33(3)15-13-16-35(5)56(71)59-48(52(44)69)47(46)61-58/h10-16,18-19,28,32-34,36-37,40,49-50,53,60,66-69H,17,20-27,29-31H2,1-9H3/b15-13+,28-14+,35-16-,59-48?/t33-,34+,36+,37+,49-,50?,53?,57?/m0/s1. The SMILES string of the molecule is C/C1=C/C=C/[C@H](C)[C@H](O)[C@@H](C)C(O)[C@@H](C)C(OC(=O)CC(=O)N2CCC(Cc3ccccc3)CC2)[C@H](C)C/C=C/OC2(C)Oc3c(C)c(O)c4c(O)c(c5c(c4c3C2=O)NC2(CCN(CC(C)C)CC2)N=5)=NC1=O. The molecule has 2 fully saturated rings. The van der Waals surface area contributed by atoms with Crippen LogP contribution in [0, 0.1) is 42.4 Å². The van der Waals surface area contributed by atoms with Crippen LogP contribution in [0.4, 0.5) is 5.69 Å². The van der Waals surface area contributed by atoms with Gasteiger partial charge >= 0.3 is 11.8 Å². The lowest BCUT2D eigenvalue weighted by atomic mass is 9.79. The monoisotopic (exact) mass is 1020 g/mol. The van der Waals surface area contributed by atoms with Crippen molar-refractivity contribution in [3.63, 3.8) is 0 Å². The lowest BCUT2D eigenvalue weighted by molar-refractivity contribution is -0.162. The molecule has 16 heteroatoms. The van der Waals surface area contributed by atoms with Crippen LogP contribution in [0.15, 0.2) is 76.5 Å². The highest BCUT2D eigenvalue weighted by Gasteiger charge is 2.51. The van der Waals surface area contributed by atoms with Crippen LogP contribution in [-0.2, 0) is 30.3 Å². The topological polar surface area (TPSA) is 220 Å². The second kappa shape index (κ2) is 22.0. The van der Waals surface area contributed by atoms with E-state index < -0.39 is 83.3 Å². The van der Waals surface area contributed by atoms with Gasteiger partial charge in [-0.1, -0.05) is 90.1 Å². The molecule has 0 radical (unpaired) electrons. The van der Waals surface area contributed by atoms with Gasteiger partial charge in [0.05, 0.1) is 35.1 Å². The number of ketones is 1. The number of nitrogens with one attached hydrogen (secondary N) is 1. The molecule has 6 aliphatic rings. The molecule has 6 heterocycles. The number of ether oxygens (including phenoxy) is 3. The van der Waals surface area contributed by atoms with Crippen LogP contribution in [0.3, 0.4) is 0 Å². The molecular weight excluding hydrogens is 943 g/mol. The molecule has 16 nitrogen and oxygen atoms in total. The summed E-state index contributed by atoms with van der Waals surface area (Å²) in [5, 5.41) is 51.3.